The van der Waals surface area contributed by atoms with Crippen LogP contribution in [0.25, 0.3) is 0 Å². The highest BCUT2D eigenvalue weighted by Crippen LogP contribution is 2.24. The minimum Gasteiger partial charge on any atom is -0.480 e. The van der Waals surface area contributed by atoms with Gasteiger partial charge in [0.15, 0.2) is 0 Å². The summed E-state index contributed by atoms with van der Waals surface area (Å²) in [7, 11) is 0. The molecule has 1 aromatic heterocycles. The van der Waals surface area contributed by atoms with E-state index in [0.29, 0.717) is 24.3 Å². The van der Waals surface area contributed by atoms with Crippen LogP contribution in [0.15, 0.2) is 30.5 Å². The number of carbonyl (C=O) groups is 2. The van der Waals surface area contributed by atoms with Crippen molar-refractivity contribution in [3.05, 3.63) is 51.7 Å². The highest BCUT2D eigenvalue weighted by atomic mass is 32.1. The topological polar surface area (TPSA) is 70.5 Å². The molecular weight excluding hydrogens is 331 g/mol. The number of halogens is 1. The lowest BCUT2D eigenvalue weighted by molar-refractivity contribution is -0.143. The number of carbonyl (C=O) groups excluding carboxylic acids is 1. The van der Waals surface area contributed by atoms with Gasteiger partial charge in [-0.2, -0.15) is 0 Å². The molecule has 0 bridgehead atoms. The molecular formula is C17H17FN2O3S. The van der Waals surface area contributed by atoms with Crippen LogP contribution in [0.4, 0.5) is 4.39 Å². The molecule has 0 aliphatic carbocycles. The van der Waals surface area contributed by atoms with Crippen LogP contribution in [-0.2, 0) is 11.2 Å². The van der Waals surface area contributed by atoms with E-state index in [2.05, 4.69) is 4.98 Å². The van der Waals surface area contributed by atoms with Crippen molar-refractivity contribution in [3.63, 3.8) is 0 Å². The van der Waals surface area contributed by atoms with Gasteiger partial charge in [-0.25, -0.2) is 14.2 Å². The Balaban J connectivity index is 1.73. The number of thiazole rings is 1. The van der Waals surface area contributed by atoms with Gasteiger partial charge >= 0.3 is 5.97 Å². The molecule has 1 aliphatic rings. The van der Waals surface area contributed by atoms with Crippen LogP contribution >= 0.6 is 11.3 Å². The van der Waals surface area contributed by atoms with E-state index in [1.165, 1.54) is 34.6 Å². The minimum atomic E-state index is -0.959. The predicted octanol–water partition coefficient (Wildman–Crippen LogP) is 2.95. The number of aliphatic carboxylic acids is 1. The van der Waals surface area contributed by atoms with Crippen molar-refractivity contribution in [2.45, 2.75) is 31.7 Å². The lowest BCUT2D eigenvalue weighted by Crippen LogP contribution is -2.47. The van der Waals surface area contributed by atoms with Crippen molar-refractivity contribution in [2.24, 2.45) is 0 Å². The number of amides is 1. The van der Waals surface area contributed by atoms with Crippen LogP contribution in [0.1, 0.15) is 39.5 Å². The maximum absolute atomic E-state index is 12.9. The van der Waals surface area contributed by atoms with Gasteiger partial charge in [0.1, 0.15) is 16.7 Å². The molecule has 5 nitrogen and oxygen atoms in total. The van der Waals surface area contributed by atoms with E-state index in [9.17, 15) is 19.1 Å². The second-order valence-corrected chi connectivity index (χ2v) is 6.89. The van der Waals surface area contributed by atoms with Crippen molar-refractivity contribution in [3.8, 4) is 0 Å². The molecule has 1 amide bonds. The molecule has 1 fully saturated rings. The van der Waals surface area contributed by atoms with Gasteiger partial charge in [-0.3, -0.25) is 4.79 Å². The van der Waals surface area contributed by atoms with Crippen molar-refractivity contribution in [1.29, 1.82) is 0 Å². The molecule has 7 heteroatoms. The Hall–Kier alpha value is -2.28. The van der Waals surface area contributed by atoms with E-state index in [0.717, 1.165) is 23.4 Å². The molecule has 1 N–H and O–H groups in total. The monoisotopic (exact) mass is 348 g/mol. The molecule has 1 saturated heterocycles. The minimum absolute atomic E-state index is 0.273. The van der Waals surface area contributed by atoms with Crippen LogP contribution < -0.4 is 0 Å². The van der Waals surface area contributed by atoms with Crippen LogP contribution in [-0.4, -0.2) is 39.5 Å². The van der Waals surface area contributed by atoms with Gasteiger partial charge in [-0.15, -0.1) is 11.3 Å². The highest BCUT2D eigenvalue weighted by Gasteiger charge is 2.33. The summed E-state index contributed by atoms with van der Waals surface area (Å²) in [6.45, 7) is 0.459. The van der Waals surface area contributed by atoms with E-state index in [-0.39, 0.29) is 11.7 Å². The van der Waals surface area contributed by atoms with E-state index in [1.807, 2.05) is 0 Å². The van der Waals surface area contributed by atoms with Crippen molar-refractivity contribution >= 4 is 23.2 Å². The third-order valence-corrected chi connectivity index (χ3v) is 5.07. The number of benzene rings is 1. The largest absolute Gasteiger partial charge is 0.480 e. The summed E-state index contributed by atoms with van der Waals surface area (Å²) in [6, 6.07) is 5.39. The maximum atomic E-state index is 12.9. The van der Waals surface area contributed by atoms with E-state index in [4.69, 9.17) is 0 Å². The second kappa shape index (κ2) is 7.09. The second-order valence-electron chi connectivity index (χ2n) is 5.77. The van der Waals surface area contributed by atoms with Gasteiger partial charge in [-0.1, -0.05) is 12.1 Å². The van der Waals surface area contributed by atoms with Gasteiger partial charge in [0, 0.05) is 13.0 Å². The van der Waals surface area contributed by atoms with E-state index >= 15 is 0 Å². The molecule has 2 heterocycles. The van der Waals surface area contributed by atoms with Crippen molar-refractivity contribution in [2.75, 3.05) is 6.54 Å². The molecule has 0 saturated carbocycles. The number of hydrogen-bond donors (Lipinski definition) is 1. The zero-order chi connectivity index (χ0) is 17.1. The Morgan fingerprint density at radius 2 is 2.04 bits per heavy atom. The maximum Gasteiger partial charge on any atom is 0.326 e. The van der Waals surface area contributed by atoms with Crippen LogP contribution in [0.5, 0.6) is 0 Å². The molecule has 0 radical (unpaired) electrons. The van der Waals surface area contributed by atoms with Crippen molar-refractivity contribution < 1.29 is 19.1 Å². The Bertz CT molecular complexity index is 745. The molecule has 126 valence electrons. The highest BCUT2D eigenvalue weighted by molar-refractivity contribution is 7.13. The number of hydrogen-bond acceptors (Lipinski definition) is 4. The van der Waals surface area contributed by atoms with Gasteiger partial charge in [-0.05, 0) is 37.0 Å². The van der Waals surface area contributed by atoms with Gasteiger partial charge in [0.25, 0.3) is 5.91 Å². The summed E-state index contributed by atoms with van der Waals surface area (Å²) in [6.07, 6.45) is 4.14. The number of carboxylic acid groups (broad SMARTS) is 1. The Morgan fingerprint density at radius 1 is 1.29 bits per heavy atom. The summed E-state index contributed by atoms with van der Waals surface area (Å²) in [4.78, 5) is 30.1. The lowest BCUT2D eigenvalue weighted by Gasteiger charge is -2.32. The molecule has 3 rings (SSSR count). The summed E-state index contributed by atoms with van der Waals surface area (Å²) < 4.78 is 12.9. The standard InChI is InChI=1S/C17H17FN2O3S/c18-12-6-4-11(5-7-12)9-15-19-10-14(24-15)16(21)20-8-2-1-3-13(20)17(22)23/h4-7,10,13H,1-3,8-9H2,(H,22,23)/t13-/m1/s1. The smallest absolute Gasteiger partial charge is 0.326 e. The van der Waals surface area contributed by atoms with Gasteiger partial charge < -0.3 is 10.0 Å². The zero-order valence-electron chi connectivity index (χ0n) is 12.9. The first-order chi connectivity index (χ1) is 11.5. The quantitative estimate of drug-likeness (QED) is 0.922. The number of aromatic nitrogens is 1. The molecule has 1 aromatic carbocycles. The van der Waals surface area contributed by atoms with Crippen molar-refractivity contribution in [1.82, 2.24) is 9.88 Å². The third-order valence-electron chi connectivity index (χ3n) is 4.08. The van der Waals surface area contributed by atoms with Gasteiger partial charge in [0.05, 0.1) is 11.2 Å². The Morgan fingerprint density at radius 3 is 2.75 bits per heavy atom. The van der Waals surface area contributed by atoms with E-state index in [1.54, 1.807) is 12.1 Å². The number of nitrogens with zero attached hydrogens (tertiary/aromatic N) is 2. The molecule has 0 unspecified atom stereocenters. The summed E-state index contributed by atoms with van der Waals surface area (Å²) in [5.41, 5.74) is 0.908. The Kier molecular flexibility index (Phi) is 4.89. The fourth-order valence-corrected chi connectivity index (χ4v) is 3.75. The number of piperidine rings is 1. The first kappa shape index (κ1) is 16.6. The zero-order valence-corrected chi connectivity index (χ0v) is 13.8. The first-order valence-corrected chi connectivity index (χ1v) is 8.59. The molecule has 0 spiro atoms. The summed E-state index contributed by atoms with van der Waals surface area (Å²) in [5, 5.41) is 10.0. The molecule has 24 heavy (non-hydrogen) atoms. The number of likely N-dealkylation sites (tertiary alicyclic amines) is 1. The predicted molar refractivity (Wildman–Crippen MR) is 87.6 cm³/mol. The SMILES string of the molecule is O=C(O)[C@H]1CCCCN1C(=O)c1cnc(Cc2ccc(F)cc2)s1. The molecule has 1 atom stereocenters. The molecule has 2 aromatic rings. The Labute approximate surface area is 142 Å². The summed E-state index contributed by atoms with van der Waals surface area (Å²) in [5.74, 6) is -1.53. The molecule has 1 aliphatic heterocycles. The fourth-order valence-electron chi connectivity index (χ4n) is 2.84. The average Bonchev–Trinajstić information content (AvgIpc) is 3.05. The fraction of sp³-hybridized carbons (Fsp3) is 0.353. The van der Waals surface area contributed by atoms with Crippen LogP contribution in [0.2, 0.25) is 0 Å². The first-order valence-electron chi connectivity index (χ1n) is 7.77. The van der Waals surface area contributed by atoms with E-state index < -0.39 is 12.0 Å². The third kappa shape index (κ3) is 3.62. The number of rotatable bonds is 4. The normalized spacial score (nSPS) is 17.7. The van der Waals surface area contributed by atoms with Crippen LogP contribution in [0.3, 0.4) is 0 Å². The lowest BCUT2D eigenvalue weighted by atomic mass is 10.0. The van der Waals surface area contributed by atoms with Crippen LogP contribution in [0, 0.1) is 5.82 Å². The average molecular weight is 348 g/mol. The number of carboxylic acids is 1. The van der Waals surface area contributed by atoms with Gasteiger partial charge in [0.2, 0.25) is 0 Å². The summed E-state index contributed by atoms with van der Waals surface area (Å²) >= 11 is 1.26.